The molecular weight excluding hydrogens is 190 g/mol. The van der Waals surface area contributed by atoms with Gasteiger partial charge < -0.3 is 4.84 Å². The first-order valence-corrected chi connectivity index (χ1v) is 6.32. The van der Waals surface area contributed by atoms with Crippen molar-refractivity contribution in [2.24, 2.45) is 5.92 Å². The number of hydrogen-bond donors (Lipinski definition) is 0. The highest BCUT2D eigenvalue weighted by molar-refractivity contribution is 5.83. The minimum absolute atomic E-state index is 0.212. The van der Waals surface area contributed by atoms with Crippen LogP contribution in [0.4, 0.5) is 0 Å². The van der Waals surface area contributed by atoms with Crippen LogP contribution < -0.4 is 0 Å². The van der Waals surface area contributed by atoms with Gasteiger partial charge in [-0.2, -0.15) is 0 Å². The van der Waals surface area contributed by atoms with Crippen LogP contribution in [0.15, 0.2) is 0 Å². The summed E-state index contributed by atoms with van der Waals surface area (Å²) in [6.45, 7) is 2.21. The van der Waals surface area contributed by atoms with Gasteiger partial charge in [0.15, 0.2) is 0 Å². The van der Waals surface area contributed by atoms with E-state index in [2.05, 4.69) is 6.92 Å². The van der Waals surface area contributed by atoms with E-state index in [0.29, 0.717) is 5.92 Å². The number of rotatable bonds is 5. The van der Waals surface area contributed by atoms with Crippen molar-refractivity contribution in [3.05, 3.63) is 5.21 Å². The minimum Gasteiger partial charge on any atom is -0.399 e. The molecule has 0 bridgehead atoms. The third-order valence-corrected chi connectivity index (χ3v) is 3.63. The molecule has 0 unspecified atom stereocenters. The standard InChI is InChI=1S/C12H21NO2/c1-2-3-4-5-8-11-10-7-6-9-12(10)15-13(11)14/h10,12H,2-9H2,1H3/t10-,12-/m1/s1. The Balaban J connectivity index is 1.82. The van der Waals surface area contributed by atoms with E-state index in [1.807, 2.05) is 0 Å². The second-order valence-electron chi connectivity index (χ2n) is 4.74. The lowest BCUT2D eigenvalue weighted by molar-refractivity contribution is -0.741. The van der Waals surface area contributed by atoms with Crippen molar-refractivity contribution in [2.45, 2.75) is 64.4 Å². The molecular formula is C12H21NO2. The summed E-state index contributed by atoms with van der Waals surface area (Å²) in [5.41, 5.74) is 1.02. The van der Waals surface area contributed by atoms with E-state index in [1.165, 1.54) is 25.7 Å². The molecule has 3 nitrogen and oxygen atoms in total. The van der Waals surface area contributed by atoms with Crippen molar-refractivity contribution in [3.63, 3.8) is 0 Å². The molecule has 1 aliphatic heterocycles. The molecule has 15 heavy (non-hydrogen) atoms. The Morgan fingerprint density at radius 2 is 2.20 bits per heavy atom. The third kappa shape index (κ3) is 2.27. The van der Waals surface area contributed by atoms with E-state index in [1.54, 1.807) is 0 Å². The summed E-state index contributed by atoms with van der Waals surface area (Å²) >= 11 is 0. The highest BCUT2D eigenvalue weighted by atomic mass is 16.9. The fourth-order valence-electron chi connectivity index (χ4n) is 2.77. The van der Waals surface area contributed by atoms with Crippen LogP contribution in [0.25, 0.3) is 0 Å². The van der Waals surface area contributed by atoms with Gasteiger partial charge in [0.25, 0.3) is 0 Å². The largest absolute Gasteiger partial charge is 0.399 e. The van der Waals surface area contributed by atoms with E-state index in [0.717, 1.165) is 36.3 Å². The summed E-state index contributed by atoms with van der Waals surface area (Å²) in [7, 11) is 0. The zero-order valence-electron chi connectivity index (χ0n) is 9.58. The van der Waals surface area contributed by atoms with Crippen LogP contribution >= 0.6 is 0 Å². The van der Waals surface area contributed by atoms with Gasteiger partial charge in [0.05, 0.1) is 12.0 Å². The lowest BCUT2D eigenvalue weighted by atomic mass is 9.96. The molecule has 1 heterocycles. The van der Waals surface area contributed by atoms with E-state index >= 15 is 0 Å². The van der Waals surface area contributed by atoms with Crippen molar-refractivity contribution in [3.8, 4) is 0 Å². The van der Waals surface area contributed by atoms with Gasteiger partial charge in [0.2, 0.25) is 5.71 Å². The summed E-state index contributed by atoms with van der Waals surface area (Å²) in [6, 6.07) is 0. The first-order chi connectivity index (χ1) is 7.33. The Labute approximate surface area is 91.7 Å². The molecule has 86 valence electrons. The number of fused-ring (bicyclic) bond motifs is 1. The molecule has 1 saturated carbocycles. The molecule has 0 amide bonds. The summed E-state index contributed by atoms with van der Waals surface area (Å²) in [5, 5.41) is 11.5. The molecule has 0 saturated heterocycles. The second-order valence-corrected chi connectivity index (χ2v) is 4.74. The van der Waals surface area contributed by atoms with Crippen LogP contribution in [0.1, 0.15) is 58.3 Å². The monoisotopic (exact) mass is 211 g/mol. The van der Waals surface area contributed by atoms with Gasteiger partial charge in [-0.05, 0) is 19.3 Å². The summed E-state index contributed by atoms with van der Waals surface area (Å²) in [6.07, 6.45) is 9.53. The topological polar surface area (TPSA) is 35.3 Å². The maximum Gasteiger partial charge on any atom is 0.226 e. The van der Waals surface area contributed by atoms with Crippen molar-refractivity contribution >= 4 is 5.71 Å². The predicted molar refractivity (Wildman–Crippen MR) is 59.6 cm³/mol. The van der Waals surface area contributed by atoms with E-state index in [4.69, 9.17) is 4.84 Å². The first kappa shape index (κ1) is 10.8. The van der Waals surface area contributed by atoms with Gasteiger partial charge in [-0.1, -0.05) is 32.6 Å². The summed E-state index contributed by atoms with van der Waals surface area (Å²) < 4.78 is 0. The van der Waals surface area contributed by atoms with Crippen LogP contribution in [-0.4, -0.2) is 16.7 Å². The molecule has 0 aromatic heterocycles. The highest BCUT2D eigenvalue weighted by Gasteiger charge is 2.41. The number of nitrogens with zero attached hydrogens (tertiary/aromatic N) is 1. The fourth-order valence-corrected chi connectivity index (χ4v) is 2.77. The van der Waals surface area contributed by atoms with E-state index in [-0.39, 0.29) is 6.10 Å². The van der Waals surface area contributed by atoms with Crippen LogP contribution in [-0.2, 0) is 4.84 Å². The highest BCUT2D eigenvalue weighted by Crippen LogP contribution is 2.34. The van der Waals surface area contributed by atoms with Crippen LogP contribution in [0.2, 0.25) is 0 Å². The molecule has 0 N–H and O–H groups in total. The predicted octanol–water partition coefficient (Wildman–Crippen LogP) is 3.02. The van der Waals surface area contributed by atoms with Gasteiger partial charge in [-0.25, -0.2) is 0 Å². The second kappa shape index (κ2) is 4.86. The Kier molecular flexibility index (Phi) is 3.49. The Bertz CT molecular complexity index is 250. The Morgan fingerprint density at radius 3 is 3.00 bits per heavy atom. The average Bonchev–Trinajstić information content (AvgIpc) is 2.75. The molecule has 2 rings (SSSR count). The molecule has 3 heteroatoms. The lowest BCUT2D eigenvalue weighted by Gasteiger charge is -2.07. The van der Waals surface area contributed by atoms with Gasteiger partial charge in [-0.3, -0.25) is 5.21 Å². The maximum atomic E-state index is 11.5. The molecule has 0 aromatic carbocycles. The number of unbranched alkanes of at least 4 members (excludes halogenated alkanes) is 3. The third-order valence-electron chi connectivity index (χ3n) is 3.63. The van der Waals surface area contributed by atoms with Gasteiger partial charge in [-0.15, -0.1) is 0 Å². The van der Waals surface area contributed by atoms with Gasteiger partial charge in [0.1, 0.15) is 0 Å². The maximum absolute atomic E-state index is 11.5. The average molecular weight is 211 g/mol. The molecule has 1 aliphatic carbocycles. The van der Waals surface area contributed by atoms with Crippen molar-refractivity contribution in [1.29, 1.82) is 0 Å². The van der Waals surface area contributed by atoms with Crippen LogP contribution in [0, 0.1) is 11.1 Å². The SMILES string of the molecule is CCCCCCC1=[N+]([O-])O[C@@H]2CCC[C@H]12. The van der Waals surface area contributed by atoms with Crippen LogP contribution in [0.3, 0.4) is 0 Å². The van der Waals surface area contributed by atoms with E-state index < -0.39 is 0 Å². The molecule has 0 radical (unpaired) electrons. The summed E-state index contributed by atoms with van der Waals surface area (Å²) in [5.74, 6) is 0.448. The first-order valence-electron chi connectivity index (χ1n) is 6.32. The van der Waals surface area contributed by atoms with Crippen molar-refractivity contribution in [2.75, 3.05) is 0 Å². The lowest BCUT2D eigenvalue weighted by Crippen LogP contribution is -2.17. The Morgan fingerprint density at radius 1 is 1.33 bits per heavy atom. The minimum atomic E-state index is 0.212. The van der Waals surface area contributed by atoms with Crippen LogP contribution in [0.5, 0.6) is 0 Å². The quantitative estimate of drug-likeness (QED) is 0.517. The molecule has 0 spiro atoms. The molecule has 0 aromatic rings. The smallest absolute Gasteiger partial charge is 0.226 e. The Hall–Kier alpha value is -0.730. The van der Waals surface area contributed by atoms with Gasteiger partial charge >= 0.3 is 0 Å². The molecule has 2 aliphatic rings. The van der Waals surface area contributed by atoms with Crippen molar-refractivity contribution < 1.29 is 9.74 Å². The zero-order chi connectivity index (χ0) is 10.7. The molecule has 2 atom stereocenters. The normalized spacial score (nSPS) is 29.4. The zero-order valence-corrected chi connectivity index (χ0v) is 9.58. The fraction of sp³-hybridized carbons (Fsp3) is 0.917. The van der Waals surface area contributed by atoms with E-state index in [9.17, 15) is 5.21 Å². The number of hydrogen-bond acceptors (Lipinski definition) is 2. The molecule has 1 fully saturated rings. The van der Waals surface area contributed by atoms with Gasteiger partial charge in [0, 0.05) is 11.3 Å². The van der Waals surface area contributed by atoms with Crippen molar-refractivity contribution in [1.82, 2.24) is 0 Å². The summed E-state index contributed by atoms with van der Waals surface area (Å²) in [4.78, 5) is 6.12.